The summed E-state index contributed by atoms with van der Waals surface area (Å²) < 4.78 is 5.83. The molecule has 2 aromatic rings. The molecule has 0 saturated carbocycles. The molecule has 4 aliphatic rings. The Bertz CT molecular complexity index is 1620. The van der Waals surface area contributed by atoms with E-state index in [4.69, 9.17) is 4.74 Å². The third-order valence-corrected chi connectivity index (χ3v) is 8.46. The van der Waals surface area contributed by atoms with E-state index in [0.29, 0.717) is 28.0 Å². The highest BCUT2D eigenvalue weighted by Crippen LogP contribution is 2.56. The number of nitro groups is 1. The maximum Gasteiger partial charge on any atom is 0.269 e. The molecular formula is C31H26N2O8. The lowest BCUT2D eigenvalue weighted by Crippen LogP contribution is -2.40. The first-order valence-electron chi connectivity index (χ1n) is 13.4. The summed E-state index contributed by atoms with van der Waals surface area (Å²) in [5.74, 6) is -3.53. The Morgan fingerprint density at radius 2 is 1.76 bits per heavy atom. The van der Waals surface area contributed by atoms with Gasteiger partial charge in [-0.1, -0.05) is 29.8 Å². The van der Waals surface area contributed by atoms with Crippen LogP contribution in [0.3, 0.4) is 0 Å². The molecule has 3 aliphatic carbocycles. The second-order valence-corrected chi connectivity index (χ2v) is 10.6. The highest BCUT2D eigenvalue weighted by atomic mass is 16.6. The average Bonchev–Trinajstić information content (AvgIpc) is 3.23. The summed E-state index contributed by atoms with van der Waals surface area (Å²) in [6.45, 7) is 1.43. The van der Waals surface area contributed by atoms with E-state index in [-0.39, 0.29) is 49.0 Å². The Kier molecular flexibility index (Phi) is 6.50. The van der Waals surface area contributed by atoms with E-state index >= 15 is 0 Å². The normalized spacial score (nSPS) is 25.4. The van der Waals surface area contributed by atoms with Gasteiger partial charge in [0.25, 0.3) is 5.69 Å². The molecule has 6 rings (SSSR count). The average molecular weight is 555 g/mol. The van der Waals surface area contributed by atoms with Crippen molar-refractivity contribution in [2.45, 2.75) is 25.7 Å². The number of fused-ring (bicyclic) bond motifs is 3. The second kappa shape index (κ2) is 10.0. The van der Waals surface area contributed by atoms with Crippen LogP contribution in [0.15, 0.2) is 83.0 Å². The highest BCUT2D eigenvalue weighted by molar-refractivity contribution is 6.25. The lowest BCUT2D eigenvalue weighted by Gasteiger charge is -2.42. The first-order chi connectivity index (χ1) is 19.7. The number of carbonyl (C=O) groups is 4. The number of hydrogen-bond donors (Lipinski definition) is 1. The molecule has 0 bridgehead atoms. The molecule has 1 N–H and O–H groups in total. The number of carbonyl (C=O) groups excluding carboxylic acids is 4. The van der Waals surface area contributed by atoms with Crippen LogP contribution >= 0.6 is 0 Å². The van der Waals surface area contributed by atoms with Gasteiger partial charge < -0.3 is 9.84 Å². The Labute approximate surface area is 234 Å². The number of ketones is 2. The summed E-state index contributed by atoms with van der Waals surface area (Å²) in [5.41, 5.74) is 2.54. The van der Waals surface area contributed by atoms with Crippen LogP contribution in [0.2, 0.25) is 0 Å². The van der Waals surface area contributed by atoms with E-state index < -0.39 is 40.4 Å². The van der Waals surface area contributed by atoms with Crippen LogP contribution in [0.5, 0.6) is 5.75 Å². The molecule has 4 atom stereocenters. The van der Waals surface area contributed by atoms with Crippen LogP contribution in [0.25, 0.3) is 0 Å². The van der Waals surface area contributed by atoms with Crippen molar-refractivity contribution in [1.29, 1.82) is 0 Å². The number of nitrogens with zero attached hydrogens (tertiary/aromatic N) is 2. The summed E-state index contributed by atoms with van der Waals surface area (Å²) in [7, 11) is 0. The fourth-order valence-electron chi connectivity index (χ4n) is 6.70. The first kappa shape index (κ1) is 26.5. The van der Waals surface area contributed by atoms with E-state index in [2.05, 4.69) is 0 Å². The largest absolute Gasteiger partial charge is 0.491 e. The minimum Gasteiger partial charge on any atom is -0.491 e. The van der Waals surface area contributed by atoms with Crippen molar-refractivity contribution in [2.75, 3.05) is 18.1 Å². The zero-order chi connectivity index (χ0) is 29.0. The number of hydrogen-bond acceptors (Lipinski definition) is 8. The molecule has 0 unspecified atom stereocenters. The van der Waals surface area contributed by atoms with Crippen LogP contribution < -0.4 is 9.64 Å². The van der Waals surface area contributed by atoms with Gasteiger partial charge in [-0.3, -0.25) is 34.2 Å². The van der Waals surface area contributed by atoms with Crippen LogP contribution in [-0.2, 0) is 19.2 Å². The number of anilines is 1. The van der Waals surface area contributed by atoms with Gasteiger partial charge in [-0.15, -0.1) is 0 Å². The number of aliphatic hydroxyl groups is 1. The van der Waals surface area contributed by atoms with Gasteiger partial charge in [0.15, 0.2) is 11.6 Å². The summed E-state index contributed by atoms with van der Waals surface area (Å²) in [5, 5.41) is 20.5. The van der Waals surface area contributed by atoms with Crippen molar-refractivity contribution < 1.29 is 33.9 Å². The number of rotatable bonds is 6. The predicted molar refractivity (Wildman–Crippen MR) is 146 cm³/mol. The Morgan fingerprint density at radius 3 is 2.46 bits per heavy atom. The summed E-state index contributed by atoms with van der Waals surface area (Å²) in [6.07, 6.45) is 3.64. The van der Waals surface area contributed by atoms with Gasteiger partial charge in [-0.2, -0.15) is 0 Å². The summed E-state index contributed by atoms with van der Waals surface area (Å²) in [6, 6.07) is 12.4. The number of amides is 2. The fourth-order valence-corrected chi connectivity index (χ4v) is 6.70. The van der Waals surface area contributed by atoms with Crippen LogP contribution in [0.1, 0.15) is 31.2 Å². The molecule has 208 valence electrons. The first-order valence-corrected chi connectivity index (χ1v) is 13.4. The molecule has 0 radical (unpaired) electrons. The molecule has 41 heavy (non-hydrogen) atoms. The van der Waals surface area contributed by atoms with E-state index in [9.17, 15) is 34.4 Å². The number of nitro benzene ring substituents is 1. The van der Waals surface area contributed by atoms with Crippen molar-refractivity contribution in [3.8, 4) is 5.75 Å². The Balaban J connectivity index is 1.46. The van der Waals surface area contributed by atoms with Gasteiger partial charge in [0.2, 0.25) is 11.8 Å². The smallest absolute Gasteiger partial charge is 0.269 e. The number of para-hydroxylation sites is 1. The molecule has 2 amide bonds. The van der Waals surface area contributed by atoms with E-state index in [1.165, 1.54) is 30.3 Å². The van der Waals surface area contributed by atoms with Crippen molar-refractivity contribution in [3.63, 3.8) is 0 Å². The number of non-ortho nitro benzene ring substituents is 1. The third kappa shape index (κ3) is 4.13. The molecule has 1 fully saturated rings. The van der Waals surface area contributed by atoms with Crippen molar-refractivity contribution >= 4 is 34.8 Å². The van der Waals surface area contributed by atoms with Crippen LogP contribution in [-0.4, -0.2) is 46.6 Å². The number of ether oxygens (including phenoxy) is 1. The molecule has 0 spiro atoms. The number of Topliss-reactive ketones (excluding diaryl/α,β-unsaturated/α-hetero) is 1. The van der Waals surface area contributed by atoms with E-state index in [1.54, 1.807) is 25.1 Å². The standard InChI is InChI=1S/C31H26N2O8/c1-16-14-24(35)23-15-22-19(26(28(23)29(16)36)20-4-2-3-5-25(20)41-13-12-34)10-11-21-27(22)31(38)32(30(21)37)17-6-8-18(9-7-17)33(39)40/h2-10,14,21-22,26-27,34H,11-13,15H2,1H3/t21-,22+,26+,27-/m0/s1. The molecule has 1 heterocycles. The van der Waals surface area contributed by atoms with Gasteiger partial charge in [0, 0.05) is 40.3 Å². The zero-order valence-corrected chi connectivity index (χ0v) is 22.1. The quantitative estimate of drug-likeness (QED) is 0.188. The van der Waals surface area contributed by atoms with E-state index in [0.717, 1.165) is 10.5 Å². The highest BCUT2D eigenvalue weighted by Gasteiger charge is 2.56. The summed E-state index contributed by atoms with van der Waals surface area (Å²) in [4.78, 5) is 66.1. The predicted octanol–water partition coefficient (Wildman–Crippen LogP) is 3.60. The van der Waals surface area contributed by atoms with Crippen molar-refractivity contribution in [1.82, 2.24) is 0 Å². The molecule has 10 heteroatoms. The lowest BCUT2D eigenvalue weighted by atomic mass is 9.59. The van der Waals surface area contributed by atoms with Crippen LogP contribution in [0.4, 0.5) is 11.4 Å². The molecule has 0 aromatic heterocycles. The van der Waals surface area contributed by atoms with Crippen molar-refractivity contribution in [2.24, 2.45) is 17.8 Å². The SMILES string of the molecule is CC1=CC(=O)C2=C(C1=O)[C@@H](c1ccccc1OCCO)C1=CC[C@@H]3C(=O)N(c4ccc([N+](=O)[O-])cc4)C(=O)[C@@H]3[C@@H]1C2. The molecule has 10 nitrogen and oxygen atoms in total. The Morgan fingerprint density at radius 1 is 1.02 bits per heavy atom. The number of benzene rings is 2. The zero-order valence-electron chi connectivity index (χ0n) is 22.1. The van der Waals surface area contributed by atoms with Crippen LogP contribution in [0, 0.1) is 27.9 Å². The minimum absolute atomic E-state index is 0.0335. The van der Waals surface area contributed by atoms with E-state index in [1.807, 2.05) is 12.1 Å². The van der Waals surface area contributed by atoms with Gasteiger partial charge in [-0.05, 0) is 50.0 Å². The van der Waals surface area contributed by atoms with Crippen molar-refractivity contribution in [3.05, 3.63) is 98.7 Å². The maximum atomic E-state index is 13.9. The maximum absolute atomic E-state index is 13.9. The summed E-state index contributed by atoms with van der Waals surface area (Å²) >= 11 is 0. The van der Waals surface area contributed by atoms with Gasteiger partial charge in [0.1, 0.15) is 12.4 Å². The van der Waals surface area contributed by atoms with Gasteiger partial charge >= 0.3 is 0 Å². The topological polar surface area (TPSA) is 144 Å². The second-order valence-electron chi connectivity index (χ2n) is 10.6. The molecular weight excluding hydrogens is 528 g/mol. The minimum atomic E-state index is -0.769. The van der Waals surface area contributed by atoms with Gasteiger partial charge in [0.05, 0.1) is 29.1 Å². The number of allylic oxidation sites excluding steroid dienone is 6. The fraction of sp³-hybridized carbons (Fsp3) is 0.290. The van der Waals surface area contributed by atoms with Gasteiger partial charge in [-0.25, -0.2) is 0 Å². The lowest BCUT2D eigenvalue weighted by molar-refractivity contribution is -0.384. The molecule has 2 aromatic carbocycles. The number of imide groups is 1. The molecule has 1 saturated heterocycles. The monoisotopic (exact) mass is 554 g/mol. The Hall–Kier alpha value is -4.70. The number of aliphatic hydroxyl groups excluding tert-OH is 1. The third-order valence-electron chi connectivity index (χ3n) is 8.46. The molecule has 1 aliphatic heterocycles.